The van der Waals surface area contributed by atoms with Gasteiger partial charge in [0.1, 0.15) is 6.07 Å². The van der Waals surface area contributed by atoms with E-state index < -0.39 is 0 Å². The number of anilines is 1. The summed E-state index contributed by atoms with van der Waals surface area (Å²) >= 11 is 3.43. The van der Waals surface area contributed by atoms with Gasteiger partial charge in [-0.1, -0.05) is 15.9 Å². The van der Waals surface area contributed by atoms with Crippen LogP contribution in [0.1, 0.15) is 24.8 Å². The molecule has 2 aliphatic heterocycles. The fourth-order valence-electron chi connectivity index (χ4n) is 3.04. The van der Waals surface area contributed by atoms with Crippen LogP contribution in [0, 0.1) is 11.3 Å². The molecule has 1 aromatic rings. The third kappa shape index (κ3) is 2.25. The van der Waals surface area contributed by atoms with Gasteiger partial charge in [-0.3, -0.25) is 0 Å². The predicted molar refractivity (Wildman–Crippen MR) is 75.6 cm³/mol. The summed E-state index contributed by atoms with van der Waals surface area (Å²) in [6.07, 6.45) is 3.75. The largest absolute Gasteiger partial charge is 0.369 e. The van der Waals surface area contributed by atoms with Crippen molar-refractivity contribution in [1.82, 2.24) is 5.32 Å². The van der Waals surface area contributed by atoms with Crippen LogP contribution in [0.5, 0.6) is 0 Å². The zero-order valence-electron chi connectivity index (χ0n) is 10.2. The Bertz CT molecular complexity index is 494. The fraction of sp³-hybridized carbons (Fsp3) is 0.500. The fourth-order valence-corrected chi connectivity index (χ4v) is 3.40. The average molecular weight is 306 g/mol. The topological polar surface area (TPSA) is 39.1 Å². The van der Waals surface area contributed by atoms with Gasteiger partial charge < -0.3 is 10.2 Å². The van der Waals surface area contributed by atoms with Crippen molar-refractivity contribution in [2.75, 3.05) is 18.0 Å². The van der Waals surface area contributed by atoms with Gasteiger partial charge in [-0.2, -0.15) is 5.26 Å². The van der Waals surface area contributed by atoms with Crippen molar-refractivity contribution in [1.29, 1.82) is 5.26 Å². The number of nitrogens with zero attached hydrogens (tertiary/aromatic N) is 2. The van der Waals surface area contributed by atoms with E-state index in [9.17, 15) is 5.26 Å². The molecule has 2 unspecified atom stereocenters. The first-order valence-electron chi connectivity index (χ1n) is 6.47. The van der Waals surface area contributed by atoms with Crippen LogP contribution in [-0.2, 0) is 0 Å². The quantitative estimate of drug-likeness (QED) is 0.867. The van der Waals surface area contributed by atoms with Crippen molar-refractivity contribution in [3.63, 3.8) is 0 Å². The molecule has 18 heavy (non-hydrogen) atoms. The lowest BCUT2D eigenvalue weighted by molar-refractivity contribution is 0.563. The summed E-state index contributed by atoms with van der Waals surface area (Å²) in [6.45, 7) is 2.07. The molecule has 4 heteroatoms. The summed E-state index contributed by atoms with van der Waals surface area (Å²) in [6, 6.07) is 9.56. The minimum Gasteiger partial charge on any atom is -0.369 e. The second kappa shape index (κ2) is 4.91. The molecule has 1 N–H and O–H groups in total. The van der Waals surface area contributed by atoms with Gasteiger partial charge in [-0.05, 0) is 37.5 Å². The van der Waals surface area contributed by atoms with E-state index in [4.69, 9.17) is 0 Å². The number of halogens is 1. The first kappa shape index (κ1) is 12.0. The van der Waals surface area contributed by atoms with E-state index in [1.807, 2.05) is 12.1 Å². The number of nitriles is 1. The van der Waals surface area contributed by atoms with E-state index in [-0.39, 0.29) is 0 Å². The summed E-state index contributed by atoms with van der Waals surface area (Å²) in [5, 5.41) is 12.9. The highest BCUT2D eigenvalue weighted by atomic mass is 79.9. The van der Waals surface area contributed by atoms with Crippen molar-refractivity contribution in [2.24, 2.45) is 0 Å². The smallest absolute Gasteiger partial charge is 0.101 e. The third-order valence-electron chi connectivity index (χ3n) is 3.94. The summed E-state index contributed by atoms with van der Waals surface area (Å²) in [7, 11) is 0. The normalized spacial score (nSPS) is 26.8. The zero-order valence-corrected chi connectivity index (χ0v) is 11.8. The van der Waals surface area contributed by atoms with E-state index in [2.05, 4.69) is 38.3 Å². The molecular formula is C14H16BrN3. The standard InChI is InChI=1S/C14H16BrN3/c15-11-1-4-14(10(7-11)8-16)18-6-5-12-2-3-13(9-18)17-12/h1,4,7,12-13,17H,2-3,5-6,9H2. The van der Waals surface area contributed by atoms with Gasteiger partial charge in [-0.25, -0.2) is 0 Å². The summed E-state index contributed by atoms with van der Waals surface area (Å²) in [5.74, 6) is 0. The van der Waals surface area contributed by atoms with Gasteiger partial charge in [0, 0.05) is 29.6 Å². The van der Waals surface area contributed by atoms with Gasteiger partial charge in [-0.15, -0.1) is 0 Å². The number of fused-ring (bicyclic) bond motifs is 2. The number of hydrogen-bond donors (Lipinski definition) is 1. The molecule has 2 aliphatic rings. The van der Waals surface area contributed by atoms with E-state index in [1.165, 1.54) is 19.3 Å². The molecule has 3 rings (SSSR count). The molecule has 0 saturated carbocycles. The molecule has 1 aromatic carbocycles. The summed E-state index contributed by atoms with van der Waals surface area (Å²) < 4.78 is 0.970. The van der Waals surface area contributed by atoms with Crippen molar-refractivity contribution in [3.05, 3.63) is 28.2 Å². The van der Waals surface area contributed by atoms with E-state index >= 15 is 0 Å². The van der Waals surface area contributed by atoms with Crippen LogP contribution in [0.25, 0.3) is 0 Å². The Hall–Kier alpha value is -1.05. The molecule has 2 saturated heterocycles. The minimum atomic E-state index is 0.590. The van der Waals surface area contributed by atoms with Gasteiger partial charge in [0.15, 0.2) is 0 Å². The Morgan fingerprint density at radius 3 is 2.94 bits per heavy atom. The second-order valence-corrected chi connectivity index (χ2v) is 6.06. The number of rotatable bonds is 1. The first-order valence-corrected chi connectivity index (χ1v) is 7.26. The van der Waals surface area contributed by atoms with Crippen LogP contribution < -0.4 is 10.2 Å². The van der Waals surface area contributed by atoms with E-state index in [0.29, 0.717) is 12.1 Å². The van der Waals surface area contributed by atoms with Gasteiger partial charge in [0.05, 0.1) is 11.3 Å². The minimum absolute atomic E-state index is 0.590. The first-order chi connectivity index (χ1) is 8.76. The Balaban J connectivity index is 1.88. The highest BCUT2D eigenvalue weighted by Gasteiger charge is 2.29. The third-order valence-corrected chi connectivity index (χ3v) is 4.44. The molecule has 0 spiro atoms. The van der Waals surface area contributed by atoms with Crippen LogP contribution in [0.2, 0.25) is 0 Å². The molecule has 2 heterocycles. The maximum Gasteiger partial charge on any atom is 0.101 e. The van der Waals surface area contributed by atoms with Crippen LogP contribution in [0.15, 0.2) is 22.7 Å². The van der Waals surface area contributed by atoms with Crippen molar-refractivity contribution < 1.29 is 0 Å². The zero-order chi connectivity index (χ0) is 12.5. The van der Waals surface area contributed by atoms with Crippen LogP contribution in [0.4, 0.5) is 5.69 Å². The van der Waals surface area contributed by atoms with E-state index in [1.54, 1.807) is 0 Å². The molecule has 0 aliphatic carbocycles. The van der Waals surface area contributed by atoms with Crippen LogP contribution >= 0.6 is 15.9 Å². The van der Waals surface area contributed by atoms with Crippen molar-refractivity contribution >= 4 is 21.6 Å². The number of hydrogen-bond acceptors (Lipinski definition) is 3. The maximum absolute atomic E-state index is 9.26. The lowest BCUT2D eigenvalue weighted by Crippen LogP contribution is -2.35. The van der Waals surface area contributed by atoms with Crippen LogP contribution in [0.3, 0.4) is 0 Å². The maximum atomic E-state index is 9.26. The summed E-state index contributed by atoms with van der Waals surface area (Å²) in [5.41, 5.74) is 1.84. The molecule has 0 amide bonds. The molecule has 2 atom stereocenters. The Morgan fingerprint density at radius 2 is 2.11 bits per heavy atom. The summed E-state index contributed by atoms with van der Waals surface area (Å²) in [4.78, 5) is 2.36. The molecule has 3 nitrogen and oxygen atoms in total. The van der Waals surface area contributed by atoms with Crippen molar-refractivity contribution in [3.8, 4) is 6.07 Å². The van der Waals surface area contributed by atoms with Gasteiger partial charge >= 0.3 is 0 Å². The molecule has 0 aromatic heterocycles. The predicted octanol–water partition coefficient (Wildman–Crippen LogP) is 2.65. The molecular weight excluding hydrogens is 290 g/mol. The van der Waals surface area contributed by atoms with Crippen molar-refractivity contribution in [2.45, 2.75) is 31.3 Å². The Kier molecular flexibility index (Phi) is 3.27. The Morgan fingerprint density at radius 1 is 1.28 bits per heavy atom. The molecule has 2 fully saturated rings. The highest BCUT2D eigenvalue weighted by Crippen LogP contribution is 2.28. The van der Waals surface area contributed by atoms with Gasteiger partial charge in [0.2, 0.25) is 0 Å². The average Bonchev–Trinajstić information content (AvgIpc) is 2.70. The van der Waals surface area contributed by atoms with Crippen LogP contribution in [-0.4, -0.2) is 25.2 Å². The molecule has 0 radical (unpaired) electrons. The second-order valence-electron chi connectivity index (χ2n) is 5.15. The lowest BCUT2D eigenvalue weighted by Gasteiger charge is -2.27. The van der Waals surface area contributed by atoms with E-state index in [0.717, 1.165) is 28.8 Å². The Labute approximate surface area is 116 Å². The SMILES string of the molecule is N#Cc1cc(Br)ccc1N1CCC2CCC(C1)N2. The lowest BCUT2D eigenvalue weighted by atomic mass is 10.1. The number of nitrogens with one attached hydrogen (secondary N) is 1. The molecule has 2 bridgehead atoms. The molecule has 94 valence electrons. The number of benzene rings is 1. The van der Waals surface area contributed by atoms with Gasteiger partial charge in [0.25, 0.3) is 0 Å². The monoisotopic (exact) mass is 305 g/mol. The highest BCUT2D eigenvalue weighted by molar-refractivity contribution is 9.10.